The molecule has 1 heterocycles. The number of rotatable bonds is 5. The first-order valence-corrected chi connectivity index (χ1v) is 6.87. The molecule has 2 rings (SSSR count). The van der Waals surface area contributed by atoms with Crippen LogP contribution in [0.15, 0.2) is 24.3 Å². The molecule has 6 nitrogen and oxygen atoms in total. The number of anilines is 1. The van der Waals surface area contributed by atoms with E-state index in [0.717, 1.165) is 41.3 Å². The van der Waals surface area contributed by atoms with E-state index in [2.05, 4.69) is 22.2 Å². The lowest BCUT2D eigenvalue weighted by Gasteiger charge is -2.12. The maximum atomic E-state index is 10.9. The van der Waals surface area contributed by atoms with Crippen molar-refractivity contribution in [3.8, 4) is 11.3 Å². The smallest absolute Gasteiger partial charge is 0.270 e. The molecule has 1 aromatic carbocycles. The molecule has 0 aliphatic heterocycles. The van der Waals surface area contributed by atoms with Crippen LogP contribution in [0.5, 0.6) is 0 Å². The summed E-state index contributed by atoms with van der Waals surface area (Å²) in [5.74, 6) is 1.50. The number of benzene rings is 1. The first-order valence-electron chi connectivity index (χ1n) is 6.87. The molecule has 2 aromatic rings. The highest BCUT2D eigenvalue weighted by Gasteiger charge is 2.14. The Balaban J connectivity index is 2.58. The van der Waals surface area contributed by atoms with Gasteiger partial charge in [0.05, 0.1) is 10.6 Å². The quantitative estimate of drug-likeness (QED) is 0.673. The van der Waals surface area contributed by atoms with E-state index in [4.69, 9.17) is 0 Å². The second-order valence-corrected chi connectivity index (χ2v) is 4.77. The fraction of sp³-hybridized carbons (Fsp3) is 0.333. The summed E-state index contributed by atoms with van der Waals surface area (Å²) >= 11 is 0. The largest absolute Gasteiger partial charge is 0.373 e. The molecular formula is C15H18N4O2. The second-order valence-electron chi connectivity index (χ2n) is 4.77. The Bertz CT molecular complexity index is 671. The topological polar surface area (TPSA) is 81.0 Å². The van der Waals surface area contributed by atoms with Gasteiger partial charge >= 0.3 is 0 Å². The van der Waals surface area contributed by atoms with E-state index in [9.17, 15) is 10.1 Å². The van der Waals surface area contributed by atoms with Crippen LogP contribution in [-0.4, -0.2) is 21.9 Å². The normalized spacial score (nSPS) is 10.4. The van der Waals surface area contributed by atoms with Crippen LogP contribution in [-0.2, 0) is 6.42 Å². The zero-order valence-corrected chi connectivity index (χ0v) is 12.4. The van der Waals surface area contributed by atoms with Gasteiger partial charge in [0.1, 0.15) is 11.6 Å². The first kappa shape index (κ1) is 14.9. The van der Waals surface area contributed by atoms with E-state index in [-0.39, 0.29) is 5.69 Å². The minimum absolute atomic E-state index is 0.0635. The van der Waals surface area contributed by atoms with Crippen LogP contribution in [0, 0.1) is 17.0 Å². The Morgan fingerprint density at radius 2 is 2.10 bits per heavy atom. The van der Waals surface area contributed by atoms with Gasteiger partial charge in [-0.1, -0.05) is 19.1 Å². The van der Waals surface area contributed by atoms with Gasteiger partial charge in [-0.25, -0.2) is 9.97 Å². The molecule has 0 radical (unpaired) electrons. The molecule has 0 fully saturated rings. The summed E-state index contributed by atoms with van der Waals surface area (Å²) in [6, 6.07) is 6.53. The highest BCUT2D eigenvalue weighted by atomic mass is 16.6. The zero-order valence-electron chi connectivity index (χ0n) is 12.4. The van der Waals surface area contributed by atoms with Gasteiger partial charge in [-0.2, -0.15) is 0 Å². The summed E-state index contributed by atoms with van der Waals surface area (Å²) < 4.78 is 0. The van der Waals surface area contributed by atoms with Crippen molar-refractivity contribution in [2.75, 3.05) is 12.4 Å². The minimum Gasteiger partial charge on any atom is -0.373 e. The second kappa shape index (κ2) is 6.30. The Morgan fingerprint density at radius 3 is 2.71 bits per heavy atom. The number of aromatic nitrogens is 2. The third kappa shape index (κ3) is 3.16. The van der Waals surface area contributed by atoms with Crippen molar-refractivity contribution in [2.45, 2.75) is 26.7 Å². The van der Waals surface area contributed by atoms with Gasteiger partial charge in [0.25, 0.3) is 5.69 Å². The average molecular weight is 286 g/mol. The summed E-state index contributed by atoms with van der Waals surface area (Å²) in [6.07, 6.45) is 1.72. The molecule has 6 heteroatoms. The molecular weight excluding hydrogens is 268 g/mol. The molecule has 0 saturated heterocycles. The van der Waals surface area contributed by atoms with Gasteiger partial charge in [-0.3, -0.25) is 10.1 Å². The number of aryl methyl sites for hydroxylation is 1. The van der Waals surface area contributed by atoms with Gasteiger partial charge in [0.15, 0.2) is 0 Å². The molecule has 21 heavy (non-hydrogen) atoms. The van der Waals surface area contributed by atoms with Crippen molar-refractivity contribution in [1.82, 2.24) is 9.97 Å². The third-order valence-electron chi connectivity index (χ3n) is 3.23. The van der Waals surface area contributed by atoms with Crippen LogP contribution in [0.1, 0.15) is 24.7 Å². The molecule has 1 N–H and O–H groups in total. The summed E-state index contributed by atoms with van der Waals surface area (Å²) in [4.78, 5) is 19.6. The fourth-order valence-corrected chi connectivity index (χ4v) is 2.19. The highest BCUT2D eigenvalue weighted by Crippen LogP contribution is 2.28. The number of nitro groups is 1. The van der Waals surface area contributed by atoms with E-state index in [1.54, 1.807) is 12.1 Å². The van der Waals surface area contributed by atoms with Gasteiger partial charge in [0.2, 0.25) is 0 Å². The first-order chi connectivity index (χ1) is 10.1. The molecule has 0 atom stereocenters. The predicted molar refractivity (Wildman–Crippen MR) is 82.4 cm³/mol. The molecule has 110 valence electrons. The number of non-ortho nitro benzene ring substituents is 1. The van der Waals surface area contributed by atoms with Crippen LogP contribution >= 0.6 is 0 Å². The number of nitrogens with one attached hydrogen (secondary N) is 1. The van der Waals surface area contributed by atoms with Crippen molar-refractivity contribution in [2.24, 2.45) is 0 Å². The van der Waals surface area contributed by atoms with E-state index < -0.39 is 4.92 Å². The van der Waals surface area contributed by atoms with Crippen LogP contribution in [0.3, 0.4) is 0 Å². The summed E-state index contributed by atoms with van der Waals surface area (Å²) in [7, 11) is 1.81. The highest BCUT2D eigenvalue weighted by molar-refractivity contribution is 5.69. The Labute approximate surface area is 123 Å². The van der Waals surface area contributed by atoms with E-state index in [0.29, 0.717) is 0 Å². The summed E-state index contributed by atoms with van der Waals surface area (Å²) in [5, 5.41) is 14.0. The maximum Gasteiger partial charge on any atom is 0.270 e. The average Bonchev–Trinajstić information content (AvgIpc) is 2.49. The van der Waals surface area contributed by atoms with E-state index in [1.807, 2.05) is 20.0 Å². The number of nitrogens with zero attached hydrogens (tertiary/aromatic N) is 3. The minimum atomic E-state index is -0.397. The lowest BCUT2D eigenvalue weighted by molar-refractivity contribution is -0.384. The zero-order chi connectivity index (χ0) is 15.4. The molecule has 0 saturated carbocycles. The third-order valence-corrected chi connectivity index (χ3v) is 3.23. The number of nitro benzene ring substituents is 1. The van der Waals surface area contributed by atoms with Gasteiger partial charge in [-0.15, -0.1) is 0 Å². The van der Waals surface area contributed by atoms with Gasteiger partial charge in [0, 0.05) is 36.7 Å². The van der Waals surface area contributed by atoms with Gasteiger partial charge < -0.3 is 5.32 Å². The van der Waals surface area contributed by atoms with Crippen LogP contribution in [0.2, 0.25) is 0 Å². The monoisotopic (exact) mass is 286 g/mol. The molecule has 0 aliphatic rings. The molecule has 0 bridgehead atoms. The predicted octanol–water partition coefficient (Wildman–Crippen LogP) is 3.35. The van der Waals surface area contributed by atoms with Crippen molar-refractivity contribution in [3.05, 3.63) is 45.8 Å². The summed E-state index contributed by atoms with van der Waals surface area (Å²) in [5.41, 5.74) is 2.42. The Kier molecular flexibility index (Phi) is 4.47. The standard InChI is InChI=1S/C15H18N4O2/c1-4-6-13-17-14(10(2)15(16-3)18-13)11-7-5-8-12(9-11)19(20)21/h5,7-9H,4,6H2,1-3H3,(H,16,17,18). The van der Waals surface area contributed by atoms with Gasteiger partial charge in [-0.05, 0) is 13.3 Å². The Hall–Kier alpha value is -2.50. The molecule has 0 spiro atoms. The SMILES string of the molecule is CCCc1nc(NC)c(C)c(-c2cccc([N+](=O)[O-])c2)n1. The lowest BCUT2D eigenvalue weighted by Crippen LogP contribution is -2.05. The molecule has 0 aliphatic carbocycles. The fourth-order valence-electron chi connectivity index (χ4n) is 2.19. The van der Waals surface area contributed by atoms with Crippen molar-refractivity contribution >= 4 is 11.5 Å². The number of hydrogen-bond donors (Lipinski definition) is 1. The molecule has 1 aromatic heterocycles. The van der Waals surface area contributed by atoms with Crippen LogP contribution in [0.4, 0.5) is 11.5 Å². The lowest BCUT2D eigenvalue weighted by atomic mass is 10.1. The van der Waals surface area contributed by atoms with Crippen LogP contribution < -0.4 is 5.32 Å². The Morgan fingerprint density at radius 1 is 1.33 bits per heavy atom. The van der Waals surface area contributed by atoms with E-state index in [1.165, 1.54) is 6.07 Å². The van der Waals surface area contributed by atoms with Crippen molar-refractivity contribution in [1.29, 1.82) is 0 Å². The molecule has 0 unspecified atom stereocenters. The number of hydrogen-bond acceptors (Lipinski definition) is 5. The maximum absolute atomic E-state index is 10.9. The summed E-state index contributed by atoms with van der Waals surface area (Å²) in [6.45, 7) is 3.98. The van der Waals surface area contributed by atoms with E-state index >= 15 is 0 Å². The molecule has 0 amide bonds. The van der Waals surface area contributed by atoms with Crippen molar-refractivity contribution < 1.29 is 4.92 Å². The van der Waals surface area contributed by atoms with Crippen molar-refractivity contribution in [3.63, 3.8) is 0 Å². The van der Waals surface area contributed by atoms with Crippen LogP contribution in [0.25, 0.3) is 11.3 Å².